The monoisotopic (exact) mass is 295 g/mol. The highest BCUT2D eigenvalue weighted by atomic mass is 16.1. The van der Waals surface area contributed by atoms with E-state index in [1.54, 1.807) is 12.5 Å². The van der Waals surface area contributed by atoms with Gasteiger partial charge in [-0.05, 0) is 48.8 Å². The van der Waals surface area contributed by atoms with Crippen molar-refractivity contribution in [2.45, 2.75) is 32.2 Å². The molecule has 114 valence electrons. The molecule has 3 atom stereocenters. The highest BCUT2D eigenvalue weighted by Crippen LogP contribution is 2.48. The number of imidazole rings is 1. The highest BCUT2D eigenvalue weighted by Gasteiger charge is 2.42. The highest BCUT2D eigenvalue weighted by molar-refractivity contribution is 5.93. The molecule has 2 bridgehead atoms. The molecule has 2 aliphatic rings. The van der Waals surface area contributed by atoms with Crippen LogP contribution in [0.15, 0.2) is 43.0 Å². The number of nitrogens with one attached hydrogen (secondary N) is 1. The molecule has 0 saturated heterocycles. The molecule has 4 rings (SSSR count). The van der Waals surface area contributed by atoms with Crippen molar-refractivity contribution >= 4 is 11.6 Å². The molecule has 4 nitrogen and oxygen atoms in total. The number of fused-ring (bicyclic) bond motifs is 2. The molecular weight excluding hydrogens is 274 g/mol. The van der Waals surface area contributed by atoms with Crippen molar-refractivity contribution in [2.24, 2.45) is 17.8 Å². The third kappa shape index (κ3) is 2.65. The number of nitrogens with zero attached hydrogens (tertiary/aromatic N) is 2. The third-order valence-corrected chi connectivity index (χ3v) is 5.19. The smallest absolute Gasteiger partial charge is 0.227 e. The molecule has 0 spiro atoms. The van der Waals surface area contributed by atoms with Gasteiger partial charge in [0.05, 0.1) is 6.33 Å². The van der Waals surface area contributed by atoms with Gasteiger partial charge in [-0.1, -0.05) is 18.6 Å². The number of benzene rings is 1. The predicted octanol–water partition coefficient (Wildman–Crippen LogP) is 3.31. The molecule has 4 heteroatoms. The van der Waals surface area contributed by atoms with Crippen LogP contribution in [0.2, 0.25) is 0 Å². The van der Waals surface area contributed by atoms with Crippen LogP contribution in [0, 0.1) is 17.8 Å². The number of carbonyl (C=O) groups is 1. The average molecular weight is 295 g/mol. The summed E-state index contributed by atoms with van der Waals surface area (Å²) in [5, 5.41) is 3.12. The number of hydrogen-bond donors (Lipinski definition) is 1. The molecule has 0 unspecified atom stereocenters. The summed E-state index contributed by atoms with van der Waals surface area (Å²) in [5.74, 6) is 1.87. The summed E-state index contributed by atoms with van der Waals surface area (Å²) in [4.78, 5) is 16.6. The number of carbonyl (C=O) groups excluding carboxylic acids is 1. The second-order valence-corrected chi connectivity index (χ2v) is 6.71. The largest absolute Gasteiger partial charge is 0.333 e. The van der Waals surface area contributed by atoms with E-state index in [4.69, 9.17) is 0 Å². The van der Waals surface area contributed by atoms with Crippen LogP contribution < -0.4 is 5.32 Å². The maximum absolute atomic E-state index is 12.5. The van der Waals surface area contributed by atoms with Gasteiger partial charge in [0.15, 0.2) is 0 Å². The zero-order valence-corrected chi connectivity index (χ0v) is 12.6. The minimum atomic E-state index is 0.215. The Balaban J connectivity index is 1.43. The molecule has 2 saturated carbocycles. The number of aromatic nitrogens is 2. The maximum atomic E-state index is 12.5. The van der Waals surface area contributed by atoms with Crippen molar-refractivity contribution in [1.82, 2.24) is 9.55 Å². The molecule has 1 aromatic heterocycles. The van der Waals surface area contributed by atoms with Gasteiger partial charge in [-0.3, -0.25) is 4.79 Å². The van der Waals surface area contributed by atoms with Crippen molar-refractivity contribution in [3.8, 4) is 0 Å². The second kappa shape index (κ2) is 5.59. The molecule has 2 aromatic rings. The lowest BCUT2D eigenvalue weighted by molar-refractivity contribution is -0.121. The fourth-order valence-corrected chi connectivity index (χ4v) is 4.14. The summed E-state index contributed by atoms with van der Waals surface area (Å²) in [7, 11) is 0. The Morgan fingerprint density at radius 1 is 1.32 bits per heavy atom. The third-order valence-electron chi connectivity index (χ3n) is 5.19. The van der Waals surface area contributed by atoms with E-state index in [0.717, 1.165) is 24.6 Å². The SMILES string of the molecule is O=C(Nc1cccc(Cn2ccnc2)c1)[C@H]1C[C@H]2CC[C@H]1C2. The van der Waals surface area contributed by atoms with Crippen molar-refractivity contribution < 1.29 is 4.79 Å². The van der Waals surface area contributed by atoms with Gasteiger partial charge >= 0.3 is 0 Å². The van der Waals surface area contributed by atoms with E-state index in [1.165, 1.54) is 24.8 Å². The summed E-state index contributed by atoms with van der Waals surface area (Å²) in [6.45, 7) is 0.776. The summed E-state index contributed by atoms with van der Waals surface area (Å²) in [5.41, 5.74) is 2.08. The summed E-state index contributed by atoms with van der Waals surface area (Å²) in [6.07, 6.45) is 10.4. The first kappa shape index (κ1) is 13.6. The van der Waals surface area contributed by atoms with E-state index in [2.05, 4.69) is 22.4 Å². The van der Waals surface area contributed by atoms with Crippen LogP contribution in [-0.2, 0) is 11.3 Å². The van der Waals surface area contributed by atoms with Crippen molar-refractivity contribution in [3.05, 3.63) is 48.5 Å². The second-order valence-electron chi connectivity index (χ2n) is 6.71. The van der Waals surface area contributed by atoms with Crippen LogP contribution in [0.1, 0.15) is 31.2 Å². The van der Waals surface area contributed by atoms with Crippen LogP contribution in [-0.4, -0.2) is 15.5 Å². The van der Waals surface area contributed by atoms with Crippen LogP contribution >= 0.6 is 0 Å². The molecule has 1 aromatic carbocycles. The summed E-state index contributed by atoms with van der Waals surface area (Å²) < 4.78 is 2.02. The lowest BCUT2D eigenvalue weighted by Crippen LogP contribution is -2.27. The summed E-state index contributed by atoms with van der Waals surface area (Å²) >= 11 is 0. The van der Waals surface area contributed by atoms with Crippen LogP contribution in [0.3, 0.4) is 0 Å². The molecule has 2 fully saturated rings. The first-order valence-corrected chi connectivity index (χ1v) is 8.13. The van der Waals surface area contributed by atoms with Crippen LogP contribution in [0.4, 0.5) is 5.69 Å². The number of rotatable bonds is 4. The van der Waals surface area contributed by atoms with Crippen molar-refractivity contribution in [2.75, 3.05) is 5.32 Å². The van der Waals surface area contributed by atoms with Gasteiger partial charge in [-0.15, -0.1) is 0 Å². The van der Waals surface area contributed by atoms with Crippen LogP contribution in [0.5, 0.6) is 0 Å². The lowest BCUT2D eigenvalue weighted by atomic mass is 9.88. The Labute approximate surface area is 130 Å². The fourth-order valence-electron chi connectivity index (χ4n) is 4.14. The quantitative estimate of drug-likeness (QED) is 0.940. The van der Waals surface area contributed by atoms with Crippen molar-refractivity contribution in [3.63, 3.8) is 0 Å². The Hall–Kier alpha value is -2.10. The van der Waals surface area contributed by atoms with Gasteiger partial charge in [0.25, 0.3) is 0 Å². The van der Waals surface area contributed by atoms with Gasteiger partial charge in [0.1, 0.15) is 0 Å². The Morgan fingerprint density at radius 3 is 3.00 bits per heavy atom. The van der Waals surface area contributed by atoms with E-state index in [0.29, 0.717) is 5.92 Å². The molecule has 1 N–H and O–H groups in total. The van der Waals surface area contributed by atoms with E-state index in [1.807, 2.05) is 22.9 Å². The minimum Gasteiger partial charge on any atom is -0.333 e. The lowest BCUT2D eigenvalue weighted by Gasteiger charge is -2.21. The fraction of sp³-hybridized carbons (Fsp3) is 0.444. The first-order valence-electron chi connectivity index (χ1n) is 8.13. The van der Waals surface area contributed by atoms with E-state index in [9.17, 15) is 4.79 Å². The molecule has 22 heavy (non-hydrogen) atoms. The molecular formula is C18H21N3O. The molecule has 0 radical (unpaired) electrons. The zero-order chi connectivity index (χ0) is 14.9. The number of amides is 1. The normalized spacial score (nSPS) is 26.3. The topological polar surface area (TPSA) is 46.9 Å². The minimum absolute atomic E-state index is 0.215. The maximum Gasteiger partial charge on any atom is 0.227 e. The van der Waals surface area contributed by atoms with Gasteiger partial charge < -0.3 is 9.88 Å². The molecule has 1 heterocycles. The van der Waals surface area contributed by atoms with Crippen LogP contribution in [0.25, 0.3) is 0 Å². The Bertz CT molecular complexity index is 665. The molecule has 2 aliphatic carbocycles. The van der Waals surface area contributed by atoms with E-state index < -0.39 is 0 Å². The summed E-state index contributed by atoms with van der Waals surface area (Å²) in [6, 6.07) is 8.11. The van der Waals surface area contributed by atoms with Gasteiger partial charge in [-0.2, -0.15) is 0 Å². The Kier molecular flexibility index (Phi) is 3.45. The van der Waals surface area contributed by atoms with E-state index >= 15 is 0 Å². The number of anilines is 1. The number of hydrogen-bond acceptors (Lipinski definition) is 2. The molecule has 0 aliphatic heterocycles. The van der Waals surface area contributed by atoms with Gasteiger partial charge in [-0.25, -0.2) is 4.98 Å². The average Bonchev–Trinajstić information content (AvgIpc) is 3.25. The molecule has 1 amide bonds. The Morgan fingerprint density at radius 2 is 2.27 bits per heavy atom. The van der Waals surface area contributed by atoms with Gasteiger partial charge in [0, 0.05) is 30.5 Å². The van der Waals surface area contributed by atoms with Crippen molar-refractivity contribution in [1.29, 1.82) is 0 Å². The zero-order valence-electron chi connectivity index (χ0n) is 12.6. The van der Waals surface area contributed by atoms with E-state index in [-0.39, 0.29) is 11.8 Å². The van der Waals surface area contributed by atoms with Gasteiger partial charge in [0.2, 0.25) is 5.91 Å². The standard InChI is InChI=1S/C18H21N3O/c22-18(17-10-13-4-5-15(17)8-13)20-16-3-1-2-14(9-16)11-21-7-6-19-12-21/h1-3,6-7,9,12-13,15,17H,4-5,8,10-11H2,(H,20,22)/t13-,15-,17-/m0/s1. The predicted molar refractivity (Wildman–Crippen MR) is 85.3 cm³/mol. The first-order chi connectivity index (χ1) is 10.8.